The summed E-state index contributed by atoms with van der Waals surface area (Å²) in [5, 5.41) is 6.53. The third-order valence-electron chi connectivity index (χ3n) is 2.31. The van der Waals surface area contributed by atoms with Crippen LogP contribution < -0.4 is 5.32 Å². The highest BCUT2D eigenvalue weighted by Crippen LogP contribution is 2.15. The van der Waals surface area contributed by atoms with Gasteiger partial charge in [0.1, 0.15) is 5.82 Å². The number of halogens is 2. The SMILES string of the molecule is Fc1ccc(CNCCc2nccs2)cc1Cl. The lowest BCUT2D eigenvalue weighted by Gasteiger charge is -2.04. The van der Waals surface area contributed by atoms with Gasteiger partial charge in [-0.1, -0.05) is 17.7 Å². The van der Waals surface area contributed by atoms with E-state index in [9.17, 15) is 4.39 Å². The van der Waals surface area contributed by atoms with Crippen LogP contribution in [-0.2, 0) is 13.0 Å². The lowest BCUT2D eigenvalue weighted by atomic mass is 10.2. The average Bonchev–Trinajstić information content (AvgIpc) is 2.82. The van der Waals surface area contributed by atoms with Crippen molar-refractivity contribution < 1.29 is 4.39 Å². The molecule has 0 bridgehead atoms. The predicted molar refractivity (Wildman–Crippen MR) is 68.9 cm³/mol. The van der Waals surface area contributed by atoms with Crippen molar-refractivity contribution in [2.45, 2.75) is 13.0 Å². The van der Waals surface area contributed by atoms with Crippen LogP contribution >= 0.6 is 22.9 Å². The van der Waals surface area contributed by atoms with Crippen LogP contribution in [0.1, 0.15) is 10.6 Å². The first-order valence-electron chi connectivity index (χ1n) is 5.29. The summed E-state index contributed by atoms with van der Waals surface area (Å²) < 4.78 is 12.9. The summed E-state index contributed by atoms with van der Waals surface area (Å²) in [4.78, 5) is 4.19. The van der Waals surface area contributed by atoms with Gasteiger partial charge < -0.3 is 5.32 Å². The molecular formula is C12H12ClFN2S. The van der Waals surface area contributed by atoms with Crippen LogP contribution in [-0.4, -0.2) is 11.5 Å². The Hall–Kier alpha value is -0.970. The highest BCUT2D eigenvalue weighted by atomic mass is 35.5. The molecule has 1 aromatic carbocycles. The second-order valence-electron chi connectivity index (χ2n) is 3.60. The van der Waals surface area contributed by atoms with Gasteiger partial charge in [-0.2, -0.15) is 0 Å². The van der Waals surface area contributed by atoms with Crippen LogP contribution in [0.25, 0.3) is 0 Å². The van der Waals surface area contributed by atoms with Gasteiger partial charge in [-0.05, 0) is 17.7 Å². The van der Waals surface area contributed by atoms with Crippen LogP contribution in [0.3, 0.4) is 0 Å². The first-order chi connectivity index (χ1) is 8.25. The summed E-state index contributed by atoms with van der Waals surface area (Å²) in [6.45, 7) is 1.54. The molecule has 2 aromatic rings. The second-order valence-corrected chi connectivity index (χ2v) is 4.99. The summed E-state index contributed by atoms with van der Waals surface area (Å²) in [6.07, 6.45) is 2.71. The van der Waals surface area contributed by atoms with E-state index in [1.54, 1.807) is 29.7 Å². The fourth-order valence-electron chi connectivity index (χ4n) is 1.45. The highest BCUT2D eigenvalue weighted by Gasteiger charge is 2.00. The number of nitrogens with zero attached hydrogens (tertiary/aromatic N) is 1. The number of thiazole rings is 1. The molecule has 17 heavy (non-hydrogen) atoms. The zero-order valence-electron chi connectivity index (χ0n) is 9.12. The third-order valence-corrected chi connectivity index (χ3v) is 3.44. The van der Waals surface area contributed by atoms with Gasteiger partial charge in [-0.3, -0.25) is 0 Å². The van der Waals surface area contributed by atoms with Gasteiger partial charge in [-0.25, -0.2) is 9.37 Å². The molecule has 0 aliphatic rings. The topological polar surface area (TPSA) is 24.9 Å². The van der Waals surface area contributed by atoms with Crippen molar-refractivity contribution in [3.05, 3.63) is 51.2 Å². The molecule has 0 spiro atoms. The van der Waals surface area contributed by atoms with Crippen LogP contribution in [0.5, 0.6) is 0 Å². The molecule has 1 heterocycles. The number of aromatic nitrogens is 1. The molecule has 90 valence electrons. The van der Waals surface area contributed by atoms with E-state index in [1.165, 1.54) is 6.07 Å². The van der Waals surface area contributed by atoms with E-state index >= 15 is 0 Å². The Kier molecular flexibility index (Phi) is 4.48. The molecule has 5 heteroatoms. The van der Waals surface area contributed by atoms with E-state index in [2.05, 4.69) is 10.3 Å². The molecule has 2 rings (SSSR count). The van der Waals surface area contributed by atoms with Gasteiger partial charge in [0.25, 0.3) is 0 Å². The Morgan fingerprint density at radius 2 is 2.29 bits per heavy atom. The summed E-state index contributed by atoms with van der Waals surface area (Å²) >= 11 is 7.35. The van der Waals surface area contributed by atoms with Crippen LogP contribution in [0, 0.1) is 5.82 Å². The van der Waals surface area contributed by atoms with Crippen molar-refractivity contribution in [1.82, 2.24) is 10.3 Å². The standard InChI is InChI=1S/C12H12ClFN2S/c13-10-7-9(1-2-11(10)14)8-15-4-3-12-16-5-6-17-12/h1-2,5-7,15H,3-4,8H2. The third kappa shape index (κ3) is 3.77. The Bertz CT molecular complexity index is 473. The molecule has 1 aromatic heterocycles. The molecule has 0 aliphatic heterocycles. The van der Waals surface area contributed by atoms with Gasteiger partial charge in [0, 0.05) is 31.1 Å². The van der Waals surface area contributed by atoms with Gasteiger partial charge in [0.2, 0.25) is 0 Å². The highest BCUT2D eigenvalue weighted by molar-refractivity contribution is 7.09. The Morgan fingerprint density at radius 1 is 1.41 bits per heavy atom. The lowest BCUT2D eigenvalue weighted by Crippen LogP contribution is -2.16. The van der Waals surface area contributed by atoms with E-state index in [0.717, 1.165) is 23.5 Å². The van der Waals surface area contributed by atoms with E-state index in [4.69, 9.17) is 11.6 Å². The maximum atomic E-state index is 12.9. The Morgan fingerprint density at radius 3 is 3.00 bits per heavy atom. The number of nitrogens with one attached hydrogen (secondary N) is 1. The maximum absolute atomic E-state index is 12.9. The molecular weight excluding hydrogens is 259 g/mol. The summed E-state index contributed by atoms with van der Waals surface area (Å²) in [6, 6.07) is 4.77. The lowest BCUT2D eigenvalue weighted by molar-refractivity contribution is 0.625. The van der Waals surface area contributed by atoms with E-state index < -0.39 is 0 Å². The first-order valence-corrected chi connectivity index (χ1v) is 6.54. The fraction of sp³-hybridized carbons (Fsp3) is 0.250. The fourth-order valence-corrected chi connectivity index (χ4v) is 2.28. The maximum Gasteiger partial charge on any atom is 0.141 e. The van der Waals surface area contributed by atoms with Crippen LogP contribution in [0.2, 0.25) is 5.02 Å². The van der Waals surface area contributed by atoms with E-state index in [-0.39, 0.29) is 10.8 Å². The van der Waals surface area contributed by atoms with E-state index in [0.29, 0.717) is 6.54 Å². The minimum atomic E-state index is -0.377. The quantitative estimate of drug-likeness (QED) is 0.844. The van der Waals surface area contributed by atoms with Crippen LogP contribution in [0.4, 0.5) is 4.39 Å². The largest absolute Gasteiger partial charge is 0.312 e. The molecule has 0 unspecified atom stereocenters. The Balaban J connectivity index is 1.76. The summed E-state index contributed by atoms with van der Waals surface area (Å²) in [5.74, 6) is -0.377. The molecule has 2 nitrogen and oxygen atoms in total. The molecule has 0 fully saturated rings. The number of rotatable bonds is 5. The summed E-state index contributed by atoms with van der Waals surface area (Å²) in [5.41, 5.74) is 0.982. The van der Waals surface area contributed by atoms with Crippen molar-refractivity contribution in [2.75, 3.05) is 6.54 Å². The minimum absolute atomic E-state index is 0.171. The monoisotopic (exact) mass is 270 g/mol. The molecule has 0 amide bonds. The first kappa shape index (κ1) is 12.5. The van der Waals surface area contributed by atoms with Crippen molar-refractivity contribution in [2.24, 2.45) is 0 Å². The van der Waals surface area contributed by atoms with Crippen molar-refractivity contribution in [3.63, 3.8) is 0 Å². The normalized spacial score (nSPS) is 10.7. The average molecular weight is 271 g/mol. The van der Waals surface area contributed by atoms with Crippen molar-refractivity contribution >= 4 is 22.9 Å². The summed E-state index contributed by atoms with van der Waals surface area (Å²) in [7, 11) is 0. The smallest absolute Gasteiger partial charge is 0.141 e. The van der Waals surface area contributed by atoms with Crippen molar-refractivity contribution in [3.8, 4) is 0 Å². The van der Waals surface area contributed by atoms with Gasteiger partial charge >= 0.3 is 0 Å². The van der Waals surface area contributed by atoms with Crippen molar-refractivity contribution in [1.29, 1.82) is 0 Å². The van der Waals surface area contributed by atoms with Gasteiger partial charge in [-0.15, -0.1) is 11.3 Å². The number of benzene rings is 1. The number of hydrogen-bond acceptors (Lipinski definition) is 3. The molecule has 0 saturated heterocycles. The Labute approximate surface area is 108 Å². The molecule has 1 N–H and O–H groups in total. The van der Waals surface area contributed by atoms with Crippen LogP contribution in [0.15, 0.2) is 29.8 Å². The molecule has 0 atom stereocenters. The second kappa shape index (κ2) is 6.10. The van der Waals surface area contributed by atoms with Gasteiger partial charge in [0.05, 0.1) is 10.0 Å². The minimum Gasteiger partial charge on any atom is -0.312 e. The zero-order valence-corrected chi connectivity index (χ0v) is 10.7. The predicted octanol–water partition coefficient (Wildman–Crippen LogP) is 3.27. The molecule has 0 saturated carbocycles. The molecule has 0 radical (unpaired) electrons. The van der Waals surface area contributed by atoms with E-state index in [1.807, 2.05) is 5.38 Å². The number of hydrogen-bond donors (Lipinski definition) is 1. The van der Waals surface area contributed by atoms with Gasteiger partial charge in [0.15, 0.2) is 0 Å². The zero-order chi connectivity index (χ0) is 12.1. The molecule has 0 aliphatic carbocycles.